The molecular weight excluding hydrogens is 212 g/mol. The van der Waals surface area contributed by atoms with E-state index in [-0.39, 0.29) is 12.4 Å². The lowest BCUT2D eigenvalue weighted by atomic mass is 10.2. The zero-order valence-corrected chi connectivity index (χ0v) is 8.29. The predicted octanol–water partition coefficient (Wildman–Crippen LogP) is 0.725. The molecule has 2 N–H and O–H groups in total. The summed E-state index contributed by atoms with van der Waals surface area (Å²) in [5, 5.41) is 17.0. The van der Waals surface area contributed by atoms with Gasteiger partial charge in [0.25, 0.3) is 0 Å². The molecule has 0 aromatic heterocycles. The van der Waals surface area contributed by atoms with Crippen molar-refractivity contribution in [2.75, 3.05) is 0 Å². The molecule has 5 heteroatoms. The number of benzene rings is 1. The Bertz CT molecular complexity index is 405. The number of aliphatic hydroxyl groups excluding tert-OH is 1. The minimum atomic E-state index is -1.22. The van der Waals surface area contributed by atoms with Crippen molar-refractivity contribution >= 4 is 11.9 Å². The van der Waals surface area contributed by atoms with E-state index >= 15 is 0 Å². The highest BCUT2D eigenvalue weighted by atomic mass is 16.5. The van der Waals surface area contributed by atoms with Gasteiger partial charge >= 0.3 is 11.9 Å². The third kappa shape index (κ3) is 3.93. The van der Waals surface area contributed by atoms with Gasteiger partial charge in [0, 0.05) is 12.2 Å². The van der Waals surface area contributed by atoms with Crippen molar-refractivity contribution in [2.24, 2.45) is 0 Å². The van der Waals surface area contributed by atoms with E-state index in [1.54, 1.807) is 12.1 Å². The topological polar surface area (TPSA) is 83.8 Å². The van der Waals surface area contributed by atoms with Crippen molar-refractivity contribution < 1.29 is 24.5 Å². The lowest BCUT2D eigenvalue weighted by molar-refractivity contribution is -0.133. The Kier molecular flexibility index (Phi) is 4.23. The molecule has 0 saturated heterocycles. The van der Waals surface area contributed by atoms with Crippen molar-refractivity contribution in [3.8, 4) is 5.75 Å². The van der Waals surface area contributed by atoms with Gasteiger partial charge in [0.15, 0.2) is 0 Å². The summed E-state index contributed by atoms with van der Waals surface area (Å²) in [7, 11) is 0. The summed E-state index contributed by atoms with van der Waals surface area (Å²) in [5.74, 6) is -1.69. The van der Waals surface area contributed by atoms with E-state index in [1.807, 2.05) is 0 Å². The molecule has 84 valence electrons. The second-order valence-electron chi connectivity index (χ2n) is 2.89. The van der Waals surface area contributed by atoms with Crippen LogP contribution in [0.5, 0.6) is 5.75 Å². The molecule has 0 spiro atoms. The molecule has 0 fully saturated rings. The molecule has 1 rings (SSSR count). The van der Waals surface area contributed by atoms with Crippen LogP contribution in [0.25, 0.3) is 0 Å². The van der Waals surface area contributed by atoms with Crippen LogP contribution in [0, 0.1) is 0 Å². The Balaban J connectivity index is 2.59. The molecule has 16 heavy (non-hydrogen) atoms. The van der Waals surface area contributed by atoms with Gasteiger partial charge in [-0.05, 0) is 17.7 Å². The summed E-state index contributed by atoms with van der Waals surface area (Å²) < 4.78 is 4.79. The summed E-state index contributed by atoms with van der Waals surface area (Å²) >= 11 is 0. The second-order valence-corrected chi connectivity index (χ2v) is 2.89. The fraction of sp³-hybridized carbons (Fsp3) is 0.0909. The van der Waals surface area contributed by atoms with Gasteiger partial charge in [0.2, 0.25) is 0 Å². The lowest BCUT2D eigenvalue weighted by Gasteiger charge is -2.01. The van der Waals surface area contributed by atoms with Crippen LogP contribution in [0.4, 0.5) is 0 Å². The van der Waals surface area contributed by atoms with Crippen LogP contribution in [0.3, 0.4) is 0 Å². The van der Waals surface area contributed by atoms with Gasteiger partial charge in [-0.3, -0.25) is 0 Å². The number of ether oxygens (including phenoxy) is 1. The van der Waals surface area contributed by atoms with Crippen LogP contribution in [-0.2, 0) is 16.2 Å². The standard InChI is InChI=1S/C11H10O5/c12-7-8-1-3-9(4-2-8)16-11(15)6-5-10(13)14/h1-6,12H,7H2,(H,13,14)/b6-5+. The van der Waals surface area contributed by atoms with E-state index in [0.717, 1.165) is 6.08 Å². The van der Waals surface area contributed by atoms with Crippen LogP contribution >= 0.6 is 0 Å². The zero-order valence-electron chi connectivity index (χ0n) is 8.29. The number of carboxylic acid groups (broad SMARTS) is 1. The smallest absolute Gasteiger partial charge is 0.336 e. The van der Waals surface area contributed by atoms with Gasteiger partial charge in [0.1, 0.15) is 5.75 Å². The number of carbonyl (C=O) groups excluding carboxylic acids is 1. The number of carboxylic acids is 1. The number of carbonyl (C=O) groups is 2. The van der Waals surface area contributed by atoms with Gasteiger partial charge in [-0.2, -0.15) is 0 Å². The first-order chi connectivity index (χ1) is 7.61. The quantitative estimate of drug-likeness (QED) is 0.445. The van der Waals surface area contributed by atoms with Gasteiger partial charge in [-0.1, -0.05) is 12.1 Å². The van der Waals surface area contributed by atoms with Gasteiger partial charge in [0.05, 0.1) is 6.61 Å². The number of hydrogen-bond donors (Lipinski definition) is 2. The molecule has 0 aliphatic carbocycles. The molecular formula is C11H10O5. The van der Waals surface area contributed by atoms with Crippen LogP contribution in [0.2, 0.25) is 0 Å². The maximum Gasteiger partial charge on any atom is 0.336 e. The van der Waals surface area contributed by atoms with Gasteiger partial charge < -0.3 is 14.9 Å². The molecule has 0 amide bonds. The molecule has 0 unspecified atom stereocenters. The monoisotopic (exact) mass is 222 g/mol. The van der Waals surface area contributed by atoms with E-state index in [4.69, 9.17) is 14.9 Å². The van der Waals surface area contributed by atoms with Crippen molar-refractivity contribution in [1.29, 1.82) is 0 Å². The van der Waals surface area contributed by atoms with Crippen LogP contribution in [0.1, 0.15) is 5.56 Å². The number of rotatable bonds is 4. The largest absolute Gasteiger partial charge is 0.478 e. The zero-order chi connectivity index (χ0) is 12.0. The van der Waals surface area contributed by atoms with E-state index in [1.165, 1.54) is 12.1 Å². The summed E-state index contributed by atoms with van der Waals surface area (Å²) in [5.41, 5.74) is 0.695. The Labute approximate surface area is 91.6 Å². The minimum Gasteiger partial charge on any atom is -0.478 e. The van der Waals surface area contributed by atoms with Crippen LogP contribution in [-0.4, -0.2) is 22.2 Å². The van der Waals surface area contributed by atoms with E-state index in [2.05, 4.69) is 0 Å². The molecule has 0 saturated carbocycles. The average molecular weight is 222 g/mol. The first-order valence-electron chi connectivity index (χ1n) is 4.44. The SMILES string of the molecule is O=C(O)/C=C/C(=O)Oc1ccc(CO)cc1. The van der Waals surface area contributed by atoms with E-state index in [9.17, 15) is 9.59 Å². The minimum absolute atomic E-state index is 0.0901. The lowest BCUT2D eigenvalue weighted by Crippen LogP contribution is -2.04. The number of esters is 1. The van der Waals surface area contributed by atoms with Crippen LogP contribution < -0.4 is 4.74 Å². The Morgan fingerprint density at radius 2 is 1.81 bits per heavy atom. The maximum atomic E-state index is 11.0. The molecule has 0 aliphatic rings. The second kappa shape index (κ2) is 5.67. The molecule has 0 atom stereocenters. The van der Waals surface area contributed by atoms with Crippen molar-refractivity contribution in [1.82, 2.24) is 0 Å². The first kappa shape index (κ1) is 11.9. The fourth-order valence-electron chi connectivity index (χ4n) is 0.952. The Morgan fingerprint density at radius 3 is 2.31 bits per heavy atom. The molecule has 0 heterocycles. The summed E-state index contributed by atoms with van der Waals surface area (Å²) in [6.07, 6.45) is 1.52. The number of hydrogen-bond acceptors (Lipinski definition) is 4. The molecule has 0 bridgehead atoms. The summed E-state index contributed by atoms with van der Waals surface area (Å²) in [6, 6.07) is 6.23. The Morgan fingerprint density at radius 1 is 1.19 bits per heavy atom. The predicted molar refractivity (Wildman–Crippen MR) is 54.8 cm³/mol. The van der Waals surface area contributed by atoms with Crippen LogP contribution in [0.15, 0.2) is 36.4 Å². The van der Waals surface area contributed by atoms with Gasteiger partial charge in [-0.25, -0.2) is 9.59 Å². The van der Waals surface area contributed by atoms with Crippen molar-refractivity contribution in [2.45, 2.75) is 6.61 Å². The Hall–Kier alpha value is -2.14. The number of aliphatic carboxylic acids is 1. The third-order valence-corrected chi connectivity index (χ3v) is 1.69. The maximum absolute atomic E-state index is 11.0. The fourth-order valence-corrected chi connectivity index (χ4v) is 0.952. The van der Waals surface area contributed by atoms with Crippen molar-refractivity contribution in [3.63, 3.8) is 0 Å². The molecule has 1 aromatic carbocycles. The molecule has 0 aliphatic heterocycles. The highest BCUT2D eigenvalue weighted by Gasteiger charge is 2.01. The molecule has 5 nitrogen and oxygen atoms in total. The van der Waals surface area contributed by atoms with Crippen molar-refractivity contribution in [3.05, 3.63) is 42.0 Å². The molecule has 0 radical (unpaired) electrons. The first-order valence-corrected chi connectivity index (χ1v) is 4.44. The molecule has 1 aromatic rings. The van der Waals surface area contributed by atoms with E-state index in [0.29, 0.717) is 11.6 Å². The highest BCUT2D eigenvalue weighted by molar-refractivity contribution is 5.91. The van der Waals surface area contributed by atoms with E-state index < -0.39 is 11.9 Å². The normalized spacial score (nSPS) is 10.3. The summed E-state index contributed by atoms with van der Waals surface area (Å²) in [6.45, 7) is -0.0901. The third-order valence-electron chi connectivity index (χ3n) is 1.69. The highest BCUT2D eigenvalue weighted by Crippen LogP contribution is 2.12. The van der Waals surface area contributed by atoms with Gasteiger partial charge in [-0.15, -0.1) is 0 Å². The number of aliphatic hydroxyl groups is 1. The summed E-state index contributed by atoms with van der Waals surface area (Å²) in [4.78, 5) is 21.2. The average Bonchev–Trinajstić information content (AvgIpc) is 2.27.